The highest BCUT2D eigenvalue weighted by atomic mass is 19.1. The fourth-order valence-corrected chi connectivity index (χ4v) is 1.60. The van der Waals surface area contributed by atoms with E-state index in [0.29, 0.717) is 23.6 Å². The number of benzene rings is 1. The van der Waals surface area contributed by atoms with Crippen LogP contribution in [0.4, 0.5) is 10.2 Å². The Morgan fingerprint density at radius 1 is 1.17 bits per heavy atom. The standard InChI is InChI=1S/C13H14FN3O/c1-17(8-10-4-2-3-5-12(10)14)13-7-6-11(9-18)15-16-13/h2-7,18H,8-9H2,1H3. The zero-order valence-electron chi connectivity index (χ0n) is 10.0. The molecular weight excluding hydrogens is 233 g/mol. The van der Waals surface area contributed by atoms with Crippen LogP contribution >= 0.6 is 0 Å². The van der Waals surface area contributed by atoms with E-state index in [1.54, 1.807) is 35.2 Å². The van der Waals surface area contributed by atoms with Crippen molar-refractivity contribution in [3.8, 4) is 0 Å². The van der Waals surface area contributed by atoms with E-state index in [9.17, 15) is 4.39 Å². The van der Waals surface area contributed by atoms with Crippen molar-refractivity contribution in [2.45, 2.75) is 13.2 Å². The summed E-state index contributed by atoms with van der Waals surface area (Å²) in [6.45, 7) is 0.282. The first kappa shape index (κ1) is 12.4. The van der Waals surface area contributed by atoms with Crippen LogP contribution in [-0.2, 0) is 13.2 Å². The molecule has 0 atom stereocenters. The van der Waals surface area contributed by atoms with Crippen molar-refractivity contribution in [2.75, 3.05) is 11.9 Å². The van der Waals surface area contributed by atoms with Crippen LogP contribution in [0.2, 0.25) is 0 Å². The van der Waals surface area contributed by atoms with Crippen molar-refractivity contribution in [2.24, 2.45) is 0 Å². The van der Waals surface area contributed by atoms with E-state index in [-0.39, 0.29) is 12.4 Å². The fraction of sp³-hybridized carbons (Fsp3) is 0.231. The van der Waals surface area contributed by atoms with Gasteiger partial charge in [-0.25, -0.2) is 4.39 Å². The third-order valence-electron chi connectivity index (χ3n) is 2.62. The number of aliphatic hydroxyl groups excluding tert-OH is 1. The number of anilines is 1. The Morgan fingerprint density at radius 2 is 1.94 bits per heavy atom. The largest absolute Gasteiger partial charge is 0.390 e. The molecule has 0 radical (unpaired) electrons. The molecule has 0 spiro atoms. The third-order valence-corrected chi connectivity index (χ3v) is 2.62. The van der Waals surface area contributed by atoms with E-state index in [0.717, 1.165) is 0 Å². The second-order valence-electron chi connectivity index (χ2n) is 3.99. The predicted molar refractivity (Wildman–Crippen MR) is 66.5 cm³/mol. The molecule has 0 saturated heterocycles. The molecule has 0 aliphatic heterocycles. The first-order valence-electron chi connectivity index (χ1n) is 5.58. The molecule has 1 aromatic carbocycles. The summed E-state index contributed by atoms with van der Waals surface area (Å²) in [6.07, 6.45) is 0. The smallest absolute Gasteiger partial charge is 0.151 e. The average Bonchev–Trinajstić information content (AvgIpc) is 2.41. The maximum absolute atomic E-state index is 13.5. The van der Waals surface area contributed by atoms with E-state index < -0.39 is 0 Å². The Hall–Kier alpha value is -2.01. The van der Waals surface area contributed by atoms with Gasteiger partial charge in [-0.1, -0.05) is 18.2 Å². The second-order valence-corrected chi connectivity index (χ2v) is 3.99. The van der Waals surface area contributed by atoms with Crippen LogP contribution in [-0.4, -0.2) is 22.4 Å². The molecule has 1 heterocycles. The lowest BCUT2D eigenvalue weighted by molar-refractivity contribution is 0.275. The molecule has 2 aromatic rings. The average molecular weight is 247 g/mol. The van der Waals surface area contributed by atoms with Crippen LogP contribution < -0.4 is 4.90 Å². The third kappa shape index (κ3) is 2.81. The molecule has 0 fully saturated rings. The van der Waals surface area contributed by atoms with Gasteiger partial charge in [0, 0.05) is 19.2 Å². The van der Waals surface area contributed by atoms with Crippen LogP contribution in [0.15, 0.2) is 36.4 Å². The highest BCUT2D eigenvalue weighted by molar-refractivity contribution is 5.37. The van der Waals surface area contributed by atoms with E-state index in [1.165, 1.54) is 6.07 Å². The van der Waals surface area contributed by atoms with Gasteiger partial charge >= 0.3 is 0 Å². The zero-order chi connectivity index (χ0) is 13.0. The van der Waals surface area contributed by atoms with Crippen LogP contribution in [0.5, 0.6) is 0 Å². The number of aromatic nitrogens is 2. The van der Waals surface area contributed by atoms with Crippen molar-refractivity contribution < 1.29 is 9.50 Å². The minimum atomic E-state index is -0.232. The maximum Gasteiger partial charge on any atom is 0.151 e. The van der Waals surface area contributed by atoms with Gasteiger partial charge in [0.1, 0.15) is 5.82 Å². The van der Waals surface area contributed by atoms with Crippen LogP contribution in [0.25, 0.3) is 0 Å². The van der Waals surface area contributed by atoms with Gasteiger partial charge < -0.3 is 10.0 Å². The molecule has 18 heavy (non-hydrogen) atoms. The fourth-order valence-electron chi connectivity index (χ4n) is 1.60. The highest BCUT2D eigenvalue weighted by Crippen LogP contribution is 2.14. The first-order valence-corrected chi connectivity index (χ1v) is 5.58. The van der Waals surface area contributed by atoms with Crippen LogP contribution in [0.1, 0.15) is 11.3 Å². The van der Waals surface area contributed by atoms with E-state index >= 15 is 0 Å². The summed E-state index contributed by atoms with van der Waals surface area (Å²) >= 11 is 0. The Kier molecular flexibility index (Phi) is 3.84. The van der Waals surface area contributed by atoms with E-state index in [4.69, 9.17) is 5.11 Å². The van der Waals surface area contributed by atoms with Crippen molar-refractivity contribution in [3.63, 3.8) is 0 Å². The summed E-state index contributed by atoms with van der Waals surface area (Å²) in [6, 6.07) is 10.1. The maximum atomic E-state index is 13.5. The normalized spacial score (nSPS) is 10.4. The molecule has 5 heteroatoms. The first-order chi connectivity index (χ1) is 8.70. The van der Waals surface area contributed by atoms with Gasteiger partial charge in [-0.3, -0.25) is 0 Å². The molecule has 94 valence electrons. The summed E-state index contributed by atoms with van der Waals surface area (Å²) in [5, 5.41) is 16.7. The topological polar surface area (TPSA) is 49.2 Å². The SMILES string of the molecule is CN(Cc1ccccc1F)c1ccc(CO)nn1. The number of rotatable bonds is 4. The molecular formula is C13H14FN3O. The minimum Gasteiger partial charge on any atom is -0.390 e. The predicted octanol–water partition coefficient (Wildman–Crippen LogP) is 1.74. The molecule has 0 unspecified atom stereocenters. The lowest BCUT2D eigenvalue weighted by Crippen LogP contribution is -2.19. The van der Waals surface area contributed by atoms with Crippen molar-refractivity contribution in [1.29, 1.82) is 0 Å². The summed E-state index contributed by atoms with van der Waals surface area (Å²) in [7, 11) is 1.81. The zero-order valence-corrected chi connectivity index (χ0v) is 10.0. The molecule has 2 rings (SSSR count). The van der Waals surface area contributed by atoms with Crippen LogP contribution in [0.3, 0.4) is 0 Å². The molecule has 0 amide bonds. The summed E-state index contributed by atoms with van der Waals surface area (Å²) in [5.41, 5.74) is 1.12. The van der Waals surface area contributed by atoms with E-state index in [2.05, 4.69) is 10.2 Å². The number of aliphatic hydroxyl groups is 1. The Morgan fingerprint density at radius 3 is 2.56 bits per heavy atom. The number of halogens is 1. The number of hydrogen-bond donors (Lipinski definition) is 1. The Labute approximate surface area is 105 Å². The van der Waals surface area contributed by atoms with Crippen LogP contribution in [0, 0.1) is 5.82 Å². The molecule has 4 nitrogen and oxygen atoms in total. The molecule has 0 saturated carbocycles. The van der Waals surface area contributed by atoms with Gasteiger partial charge in [-0.2, -0.15) is 5.10 Å². The van der Waals surface area contributed by atoms with Crippen molar-refractivity contribution in [3.05, 3.63) is 53.5 Å². The summed E-state index contributed by atoms with van der Waals surface area (Å²) < 4.78 is 13.5. The highest BCUT2D eigenvalue weighted by Gasteiger charge is 2.07. The Bertz CT molecular complexity index is 516. The lowest BCUT2D eigenvalue weighted by Gasteiger charge is -2.17. The van der Waals surface area contributed by atoms with Gasteiger partial charge in [0.25, 0.3) is 0 Å². The van der Waals surface area contributed by atoms with Gasteiger partial charge in [-0.15, -0.1) is 5.10 Å². The molecule has 1 aromatic heterocycles. The quantitative estimate of drug-likeness (QED) is 0.894. The summed E-state index contributed by atoms with van der Waals surface area (Å²) in [5.74, 6) is 0.403. The van der Waals surface area contributed by atoms with Crippen molar-refractivity contribution >= 4 is 5.82 Å². The lowest BCUT2D eigenvalue weighted by atomic mass is 10.2. The van der Waals surface area contributed by atoms with Gasteiger partial charge in [0.15, 0.2) is 5.82 Å². The molecule has 0 bridgehead atoms. The van der Waals surface area contributed by atoms with Gasteiger partial charge in [0.2, 0.25) is 0 Å². The van der Waals surface area contributed by atoms with Crippen molar-refractivity contribution in [1.82, 2.24) is 10.2 Å². The van der Waals surface area contributed by atoms with Gasteiger partial charge in [-0.05, 0) is 18.2 Å². The van der Waals surface area contributed by atoms with E-state index in [1.807, 2.05) is 7.05 Å². The molecule has 0 aliphatic rings. The minimum absolute atomic E-state index is 0.135. The monoisotopic (exact) mass is 247 g/mol. The summed E-state index contributed by atoms with van der Waals surface area (Å²) in [4.78, 5) is 1.80. The molecule has 1 N–H and O–H groups in total. The number of hydrogen-bond acceptors (Lipinski definition) is 4. The number of nitrogens with zero attached hydrogens (tertiary/aromatic N) is 3. The van der Waals surface area contributed by atoms with Gasteiger partial charge in [0.05, 0.1) is 12.3 Å². The Balaban J connectivity index is 2.11. The molecule has 0 aliphatic carbocycles. The second kappa shape index (κ2) is 5.55.